The summed E-state index contributed by atoms with van der Waals surface area (Å²) < 4.78 is 5.07. The Balaban J connectivity index is 2.50. The van der Waals surface area contributed by atoms with E-state index in [0.717, 1.165) is 16.3 Å². The molecule has 0 saturated heterocycles. The van der Waals surface area contributed by atoms with E-state index in [9.17, 15) is 0 Å². The van der Waals surface area contributed by atoms with Gasteiger partial charge in [-0.05, 0) is 17.0 Å². The van der Waals surface area contributed by atoms with Gasteiger partial charge in [-0.3, -0.25) is 4.98 Å². The molecule has 2 rings (SSSR count). The molecule has 0 aliphatic carbocycles. The topological polar surface area (TPSA) is 48.1 Å². The first-order valence-corrected chi connectivity index (χ1v) is 4.90. The summed E-state index contributed by atoms with van der Waals surface area (Å²) in [6, 6.07) is 7.97. The van der Waals surface area contributed by atoms with Crippen molar-refractivity contribution in [2.75, 3.05) is 13.7 Å². The number of methoxy groups -OCH3 is 1. The molecule has 1 unspecified atom stereocenters. The summed E-state index contributed by atoms with van der Waals surface area (Å²) in [5, 5.41) is 2.26. The number of benzene rings is 1. The van der Waals surface area contributed by atoms with Crippen LogP contribution in [0.15, 0.2) is 36.7 Å². The molecule has 0 spiro atoms. The highest BCUT2D eigenvalue weighted by atomic mass is 16.5. The van der Waals surface area contributed by atoms with E-state index < -0.39 is 0 Å². The third-order valence-electron chi connectivity index (χ3n) is 2.46. The van der Waals surface area contributed by atoms with Crippen LogP contribution in [0.25, 0.3) is 10.8 Å². The lowest BCUT2D eigenvalue weighted by molar-refractivity contribution is 0.181. The van der Waals surface area contributed by atoms with Gasteiger partial charge in [0.2, 0.25) is 0 Å². The molecule has 0 radical (unpaired) electrons. The number of ether oxygens (including phenoxy) is 1. The van der Waals surface area contributed by atoms with Gasteiger partial charge in [0.15, 0.2) is 0 Å². The van der Waals surface area contributed by atoms with Crippen molar-refractivity contribution in [3.63, 3.8) is 0 Å². The number of aromatic nitrogens is 1. The number of fused-ring (bicyclic) bond motifs is 1. The number of hydrogen-bond acceptors (Lipinski definition) is 3. The fourth-order valence-electron chi connectivity index (χ4n) is 1.74. The van der Waals surface area contributed by atoms with E-state index in [2.05, 4.69) is 4.98 Å². The minimum Gasteiger partial charge on any atom is -0.383 e. The normalized spacial score (nSPS) is 12.9. The molecular formula is C12H14N2O. The van der Waals surface area contributed by atoms with Crippen molar-refractivity contribution in [1.82, 2.24) is 4.98 Å². The van der Waals surface area contributed by atoms with Crippen LogP contribution in [0.5, 0.6) is 0 Å². The molecule has 3 nitrogen and oxygen atoms in total. The molecule has 1 aromatic heterocycles. The standard InChI is InChI=1S/C12H14N2O/c1-15-8-12(13)11-4-2-3-9-7-14-6-5-10(9)11/h2-7,12H,8,13H2,1H3. The summed E-state index contributed by atoms with van der Waals surface area (Å²) >= 11 is 0. The molecule has 0 bridgehead atoms. The summed E-state index contributed by atoms with van der Waals surface area (Å²) in [5.74, 6) is 0. The highest BCUT2D eigenvalue weighted by Crippen LogP contribution is 2.22. The van der Waals surface area contributed by atoms with Gasteiger partial charge in [-0.25, -0.2) is 0 Å². The number of pyridine rings is 1. The van der Waals surface area contributed by atoms with E-state index in [-0.39, 0.29) is 6.04 Å². The zero-order chi connectivity index (χ0) is 10.7. The molecule has 78 valence electrons. The van der Waals surface area contributed by atoms with Gasteiger partial charge < -0.3 is 10.5 Å². The summed E-state index contributed by atoms with van der Waals surface area (Å²) in [6.45, 7) is 0.529. The molecule has 0 amide bonds. The van der Waals surface area contributed by atoms with Crippen LogP contribution < -0.4 is 5.73 Å². The van der Waals surface area contributed by atoms with Gasteiger partial charge in [-0.15, -0.1) is 0 Å². The van der Waals surface area contributed by atoms with E-state index in [1.807, 2.05) is 30.5 Å². The van der Waals surface area contributed by atoms with E-state index in [0.29, 0.717) is 6.61 Å². The van der Waals surface area contributed by atoms with Crippen molar-refractivity contribution >= 4 is 10.8 Å². The third kappa shape index (κ3) is 1.98. The van der Waals surface area contributed by atoms with Gasteiger partial charge in [-0.1, -0.05) is 18.2 Å². The van der Waals surface area contributed by atoms with E-state index in [4.69, 9.17) is 10.5 Å². The summed E-state index contributed by atoms with van der Waals surface area (Å²) in [7, 11) is 1.66. The Morgan fingerprint density at radius 3 is 3.07 bits per heavy atom. The van der Waals surface area contributed by atoms with E-state index >= 15 is 0 Å². The molecule has 1 heterocycles. The van der Waals surface area contributed by atoms with Gasteiger partial charge in [0, 0.05) is 24.9 Å². The van der Waals surface area contributed by atoms with Crippen LogP contribution in [0.4, 0.5) is 0 Å². The molecule has 1 aromatic carbocycles. The number of rotatable bonds is 3. The molecule has 0 aliphatic heterocycles. The van der Waals surface area contributed by atoms with Crippen molar-refractivity contribution in [3.8, 4) is 0 Å². The van der Waals surface area contributed by atoms with Gasteiger partial charge in [0.1, 0.15) is 0 Å². The largest absolute Gasteiger partial charge is 0.383 e. The van der Waals surface area contributed by atoms with E-state index in [1.165, 1.54) is 0 Å². The second-order valence-electron chi connectivity index (χ2n) is 3.51. The SMILES string of the molecule is COCC(N)c1cccc2cnccc12. The lowest BCUT2D eigenvalue weighted by Crippen LogP contribution is -2.16. The molecule has 15 heavy (non-hydrogen) atoms. The van der Waals surface area contributed by atoms with Crippen molar-refractivity contribution in [2.45, 2.75) is 6.04 Å². The predicted molar refractivity (Wildman–Crippen MR) is 60.5 cm³/mol. The van der Waals surface area contributed by atoms with Gasteiger partial charge in [0.05, 0.1) is 12.6 Å². The lowest BCUT2D eigenvalue weighted by atomic mass is 10.0. The van der Waals surface area contributed by atoms with E-state index in [1.54, 1.807) is 13.3 Å². The van der Waals surface area contributed by atoms with Crippen LogP contribution in [0.3, 0.4) is 0 Å². The quantitative estimate of drug-likeness (QED) is 0.826. The second-order valence-corrected chi connectivity index (χ2v) is 3.51. The maximum absolute atomic E-state index is 6.03. The smallest absolute Gasteiger partial charge is 0.0655 e. The number of nitrogens with two attached hydrogens (primary N) is 1. The van der Waals surface area contributed by atoms with Gasteiger partial charge in [-0.2, -0.15) is 0 Å². The highest BCUT2D eigenvalue weighted by Gasteiger charge is 2.08. The first-order chi connectivity index (χ1) is 7.33. The van der Waals surface area contributed by atoms with Gasteiger partial charge >= 0.3 is 0 Å². The Morgan fingerprint density at radius 2 is 2.27 bits per heavy atom. The second kappa shape index (κ2) is 4.38. The van der Waals surface area contributed by atoms with Crippen molar-refractivity contribution in [3.05, 3.63) is 42.2 Å². The van der Waals surface area contributed by atoms with Crippen LogP contribution in [0.1, 0.15) is 11.6 Å². The predicted octanol–water partition coefficient (Wildman–Crippen LogP) is 1.88. The lowest BCUT2D eigenvalue weighted by Gasteiger charge is -2.13. The fourth-order valence-corrected chi connectivity index (χ4v) is 1.74. The zero-order valence-electron chi connectivity index (χ0n) is 8.68. The molecule has 0 fully saturated rings. The van der Waals surface area contributed by atoms with Crippen LogP contribution in [0, 0.1) is 0 Å². The Hall–Kier alpha value is -1.45. The molecule has 0 saturated carbocycles. The minimum atomic E-state index is -0.0823. The maximum Gasteiger partial charge on any atom is 0.0655 e. The first-order valence-electron chi connectivity index (χ1n) is 4.90. The number of nitrogens with zero attached hydrogens (tertiary/aromatic N) is 1. The Kier molecular flexibility index (Phi) is 2.94. The fraction of sp³-hybridized carbons (Fsp3) is 0.250. The van der Waals surface area contributed by atoms with Crippen LogP contribution in [-0.2, 0) is 4.74 Å². The average Bonchev–Trinajstić information content (AvgIpc) is 2.28. The van der Waals surface area contributed by atoms with Crippen LogP contribution >= 0.6 is 0 Å². The summed E-state index contributed by atoms with van der Waals surface area (Å²) in [5.41, 5.74) is 7.13. The Labute approximate surface area is 88.9 Å². The van der Waals surface area contributed by atoms with Crippen molar-refractivity contribution in [2.24, 2.45) is 5.73 Å². The van der Waals surface area contributed by atoms with Crippen molar-refractivity contribution in [1.29, 1.82) is 0 Å². The average molecular weight is 202 g/mol. The maximum atomic E-state index is 6.03. The molecule has 1 atom stereocenters. The van der Waals surface area contributed by atoms with Crippen molar-refractivity contribution < 1.29 is 4.74 Å². The van der Waals surface area contributed by atoms with Gasteiger partial charge in [0.25, 0.3) is 0 Å². The zero-order valence-corrected chi connectivity index (χ0v) is 8.68. The molecular weight excluding hydrogens is 188 g/mol. The Bertz CT molecular complexity index is 451. The molecule has 0 aliphatic rings. The molecule has 2 N–H and O–H groups in total. The number of hydrogen-bond donors (Lipinski definition) is 1. The Morgan fingerprint density at radius 1 is 1.40 bits per heavy atom. The monoisotopic (exact) mass is 202 g/mol. The summed E-state index contributed by atoms with van der Waals surface area (Å²) in [6.07, 6.45) is 3.63. The minimum absolute atomic E-state index is 0.0823. The molecule has 2 aromatic rings. The third-order valence-corrected chi connectivity index (χ3v) is 2.46. The van der Waals surface area contributed by atoms with Crippen LogP contribution in [-0.4, -0.2) is 18.7 Å². The first kappa shape index (κ1) is 10.1. The van der Waals surface area contributed by atoms with Crippen LogP contribution in [0.2, 0.25) is 0 Å². The summed E-state index contributed by atoms with van der Waals surface area (Å²) in [4.78, 5) is 4.09. The highest BCUT2D eigenvalue weighted by molar-refractivity contribution is 5.85. The molecule has 3 heteroatoms.